The van der Waals surface area contributed by atoms with Gasteiger partial charge in [-0.3, -0.25) is 0 Å². The maximum absolute atomic E-state index is 13.4. The van der Waals surface area contributed by atoms with Gasteiger partial charge in [-0.15, -0.1) is 0 Å². The minimum Gasteiger partial charge on any atom is -0.372 e. The molecule has 1 N–H and O–H groups in total. The van der Waals surface area contributed by atoms with Crippen molar-refractivity contribution in [3.63, 3.8) is 0 Å². The second kappa shape index (κ2) is 6.83. The van der Waals surface area contributed by atoms with Gasteiger partial charge >= 0.3 is 0 Å². The van der Waals surface area contributed by atoms with Crippen LogP contribution in [0.25, 0.3) is 0 Å². The van der Waals surface area contributed by atoms with Crippen molar-refractivity contribution in [1.82, 2.24) is 5.32 Å². The third-order valence-electron chi connectivity index (χ3n) is 3.68. The summed E-state index contributed by atoms with van der Waals surface area (Å²) in [7, 11) is 0. The second-order valence-corrected chi connectivity index (χ2v) is 5.56. The zero-order valence-corrected chi connectivity index (χ0v) is 12.0. The van der Waals surface area contributed by atoms with Crippen molar-refractivity contribution in [2.24, 2.45) is 0 Å². The van der Waals surface area contributed by atoms with Crippen LogP contribution in [0, 0.1) is 5.82 Å². The van der Waals surface area contributed by atoms with Crippen molar-refractivity contribution >= 4 is 0 Å². The van der Waals surface area contributed by atoms with Crippen LogP contribution in [-0.4, -0.2) is 6.04 Å². The summed E-state index contributed by atoms with van der Waals surface area (Å²) >= 11 is 0. The standard InChI is InChI=1S/C18H20FNO/c19-18-4-2-1-3-16(18)13-21-12-15-7-5-14(6-8-15)11-20-17-9-10-17/h1-8,17,20H,9-13H2. The van der Waals surface area contributed by atoms with Gasteiger partial charge in [0.05, 0.1) is 13.2 Å². The second-order valence-electron chi connectivity index (χ2n) is 5.56. The average molecular weight is 285 g/mol. The number of nitrogens with one attached hydrogen (secondary N) is 1. The van der Waals surface area contributed by atoms with Gasteiger partial charge in [0.1, 0.15) is 5.82 Å². The number of rotatable bonds is 7. The van der Waals surface area contributed by atoms with Gasteiger partial charge in [-0.2, -0.15) is 0 Å². The van der Waals surface area contributed by atoms with Gasteiger partial charge in [-0.1, -0.05) is 42.5 Å². The lowest BCUT2D eigenvalue weighted by Gasteiger charge is -2.07. The Morgan fingerprint density at radius 2 is 1.67 bits per heavy atom. The molecule has 110 valence electrons. The third kappa shape index (κ3) is 4.38. The molecular weight excluding hydrogens is 265 g/mol. The minimum absolute atomic E-state index is 0.209. The first-order valence-corrected chi connectivity index (χ1v) is 7.43. The largest absolute Gasteiger partial charge is 0.372 e. The highest BCUT2D eigenvalue weighted by atomic mass is 19.1. The Hall–Kier alpha value is -1.71. The van der Waals surface area contributed by atoms with E-state index in [1.165, 1.54) is 24.5 Å². The van der Waals surface area contributed by atoms with E-state index < -0.39 is 0 Å². The van der Waals surface area contributed by atoms with Crippen molar-refractivity contribution in [3.8, 4) is 0 Å². The normalized spacial score (nSPS) is 14.3. The van der Waals surface area contributed by atoms with Gasteiger partial charge in [-0.05, 0) is 30.0 Å². The molecule has 0 aliphatic heterocycles. The van der Waals surface area contributed by atoms with Crippen molar-refractivity contribution in [2.45, 2.75) is 38.6 Å². The molecule has 1 saturated carbocycles. The lowest BCUT2D eigenvalue weighted by atomic mass is 10.1. The number of benzene rings is 2. The van der Waals surface area contributed by atoms with Crippen LogP contribution in [0.5, 0.6) is 0 Å². The lowest BCUT2D eigenvalue weighted by molar-refractivity contribution is 0.105. The van der Waals surface area contributed by atoms with Crippen molar-refractivity contribution < 1.29 is 9.13 Å². The summed E-state index contributed by atoms with van der Waals surface area (Å²) in [6.07, 6.45) is 2.62. The molecule has 3 heteroatoms. The fourth-order valence-electron chi connectivity index (χ4n) is 2.20. The predicted molar refractivity (Wildman–Crippen MR) is 81.2 cm³/mol. The zero-order valence-electron chi connectivity index (χ0n) is 12.0. The van der Waals surface area contributed by atoms with Crippen LogP contribution >= 0.6 is 0 Å². The first kappa shape index (κ1) is 14.2. The molecule has 0 heterocycles. The quantitative estimate of drug-likeness (QED) is 0.835. The van der Waals surface area contributed by atoms with Crippen LogP contribution in [0.15, 0.2) is 48.5 Å². The molecule has 2 aromatic carbocycles. The molecule has 0 atom stereocenters. The van der Waals surface area contributed by atoms with Crippen LogP contribution < -0.4 is 5.32 Å². The lowest BCUT2D eigenvalue weighted by Crippen LogP contribution is -2.15. The van der Waals surface area contributed by atoms with Crippen LogP contribution in [0.1, 0.15) is 29.5 Å². The number of hydrogen-bond donors (Lipinski definition) is 1. The average Bonchev–Trinajstić information content (AvgIpc) is 3.33. The van der Waals surface area contributed by atoms with Gasteiger partial charge in [0, 0.05) is 18.2 Å². The Balaban J connectivity index is 1.45. The van der Waals surface area contributed by atoms with Crippen LogP contribution in [-0.2, 0) is 24.5 Å². The maximum Gasteiger partial charge on any atom is 0.128 e. The van der Waals surface area contributed by atoms with E-state index in [-0.39, 0.29) is 5.82 Å². The van der Waals surface area contributed by atoms with Crippen molar-refractivity contribution in [3.05, 3.63) is 71.0 Å². The van der Waals surface area contributed by atoms with Crippen LogP contribution in [0.3, 0.4) is 0 Å². The molecule has 0 spiro atoms. The summed E-state index contributed by atoms with van der Waals surface area (Å²) in [6, 6.07) is 15.8. The van der Waals surface area contributed by atoms with E-state index in [1.54, 1.807) is 12.1 Å². The Kier molecular flexibility index (Phi) is 4.63. The molecule has 21 heavy (non-hydrogen) atoms. The number of ether oxygens (including phenoxy) is 1. The van der Waals surface area contributed by atoms with E-state index in [1.807, 2.05) is 6.07 Å². The summed E-state index contributed by atoms with van der Waals surface area (Å²) in [4.78, 5) is 0. The predicted octanol–water partition coefficient (Wildman–Crippen LogP) is 3.79. The summed E-state index contributed by atoms with van der Waals surface area (Å²) < 4.78 is 19.0. The van der Waals surface area contributed by atoms with E-state index in [9.17, 15) is 4.39 Å². The van der Waals surface area contributed by atoms with Gasteiger partial charge < -0.3 is 10.1 Å². The highest BCUT2D eigenvalue weighted by Crippen LogP contribution is 2.19. The summed E-state index contributed by atoms with van der Waals surface area (Å²) in [6.45, 7) is 1.74. The highest BCUT2D eigenvalue weighted by molar-refractivity contribution is 5.22. The van der Waals surface area contributed by atoms with Crippen LogP contribution in [0.2, 0.25) is 0 Å². The summed E-state index contributed by atoms with van der Waals surface area (Å²) in [5, 5.41) is 3.49. The molecule has 1 fully saturated rings. The molecule has 1 aliphatic carbocycles. The highest BCUT2D eigenvalue weighted by Gasteiger charge is 2.19. The Bertz CT molecular complexity index is 578. The summed E-state index contributed by atoms with van der Waals surface area (Å²) in [5.74, 6) is -0.209. The monoisotopic (exact) mass is 285 g/mol. The Morgan fingerprint density at radius 1 is 0.952 bits per heavy atom. The van der Waals surface area contributed by atoms with Gasteiger partial charge in [0.25, 0.3) is 0 Å². The molecule has 3 rings (SSSR count). The molecule has 0 bridgehead atoms. The zero-order chi connectivity index (χ0) is 14.5. The molecule has 0 saturated heterocycles. The molecule has 0 unspecified atom stereocenters. The van der Waals surface area contributed by atoms with E-state index in [4.69, 9.17) is 4.74 Å². The maximum atomic E-state index is 13.4. The first-order valence-electron chi connectivity index (χ1n) is 7.43. The SMILES string of the molecule is Fc1ccccc1COCc1ccc(CNC2CC2)cc1. The Morgan fingerprint density at radius 3 is 2.38 bits per heavy atom. The van der Waals surface area contributed by atoms with Gasteiger partial charge in [0.2, 0.25) is 0 Å². The molecule has 2 aromatic rings. The smallest absolute Gasteiger partial charge is 0.128 e. The molecule has 2 nitrogen and oxygen atoms in total. The fourth-order valence-corrected chi connectivity index (χ4v) is 2.20. The van der Waals surface area contributed by atoms with E-state index in [0.29, 0.717) is 18.8 Å². The van der Waals surface area contributed by atoms with Crippen LogP contribution in [0.4, 0.5) is 4.39 Å². The molecule has 0 radical (unpaired) electrons. The first-order chi connectivity index (χ1) is 10.3. The molecule has 0 aromatic heterocycles. The number of halogens is 1. The van der Waals surface area contributed by atoms with Crippen molar-refractivity contribution in [2.75, 3.05) is 0 Å². The Labute approximate surface area is 125 Å². The van der Waals surface area contributed by atoms with Crippen molar-refractivity contribution in [1.29, 1.82) is 0 Å². The minimum atomic E-state index is -0.209. The molecule has 0 amide bonds. The van der Waals surface area contributed by atoms with E-state index in [2.05, 4.69) is 29.6 Å². The topological polar surface area (TPSA) is 21.3 Å². The summed E-state index contributed by atoms with van der Waals surface area (Å²) in [5.41, 5.74) is 3.00. The molecule has 1 aliphatic rings. The number of hydrogen-bond acceptors (Lipinski definition) is 2. The fraction of sp³-hybridized carbons (Fsp3) is 0.333. The van der Waals surface area contributed by atoms with Gasteiger partial charge in [0.15, 0.2) is 0 Å². The van der Waals surface area contributed by atoms with E-state index >= 15 is 0 Å². The van der Waals surface area contributed by atoms with Gasteiger partial charge in [-0.25, -0.2) is 4.39 Å². The van der Waals surface area contributed by atoms with E-state index in [0.717, 1.165) is 18.2 Å². The third-order valence-corrected chi connectivity index (χ3v) is 3.68. The molecular formula is C18H20FNO.